The fraction of sp³-hybridized carbons (Fsp3) is 0.241. The van der Waals surface area contributed by atoms with Gasteiger partial charge in [-0.2, -0.15) is 5.10 Å². The first-order valence-corrected chi connectivity index (χ1v) is 13.7. The van der Waals surface area contributed by atoms with E-state index < -0.39 is 34.6 Å². The van der Waals surface area contributed by atoms with Crippen molar-refractivity contribution in [3.63, 3.8) is 0 Å². The number of aromatic nitrogens is 4. The number of halogens is 3. The van der Waals surface area contributed by atoms with E-state index in [1.165, 1.54) is 40.4 Å². The van der Waals surface area contributed by atoms with Crippen molar-refractivity contribution < 1.29 is 23.5 Å². The Morgan fingerprint density at radius 2 is 1.74 bits per heavy atom. The van der Waals surface area contributed by atoms with Gasteiger partial charge in [-0.3, -0.25) is 24.0 Å². The van der Waals surface area contributed by atoms with Gasteiger partial charge in [0.05, 0.1) is 46.5 Å². The molecule has 0 radical (unpaired) electrons. The zero-order chi connectivity index (χ0) is 29.8. The van der Waals surface area contributed by atoms with Crippen LogP contribution < -0.4 is 5.73 Å². The number of nitrogens with zero attached hydrogens (tertiary/aromatic N) is 5. The third kappa shape index (κ3) is 4.63. The number of fused-ring (bicyclic) bond motifs is 1. The molecule has 0 bridgehead atoms. The number of ether oxygens (including phenoxy) is 1. The van der Waals surface area contributed by atoms with Crippen LogP contribution in [0.1, 0.15) is 56.1 Å². The minimum Gasteiger partial charge on any atom is -0.369 e. The molecule has 0 unspecified atom stereocenters. The lowest BCUT2D eigenvalue weighted by atomic mass is 9.90. The molecule has 2 aliphatic rings. The van der Waals surface area contributed by atoms with E-state index in [1.807, 2.05) is 0 Å². The van der Waals surface area contributed by atoms with E-state index in [-0.39, 0.29) is 46.3 Å². The lowest BCUT2D eigenvalue weighted by Gasteiger charge is -2.40. The largest absolute Gasteiger partial charge is 0.369 e. The first kappa shape index (κ1) is 28.0. The molecule has 2 amide bonds. The minimum atomic E-state index is -1.88. The normalized spacial score (nSPS) is 18.7. The van der Waals surface area contributed by atoms with E-state index in [2.05, 4.69) is 15.1 Å². The fourth-order valence-corrected chi connectivity index (χ4v) is 5.41. The summed E-state index contributed by atoms with van der Waals surface area (Å²) in [5.41, 5.74) is 3.18. The molecular formula is C29H23Cl2FN6O4. The molecule has 10 nitrogen and oxygen atoms in total. The minimum absolute atomic E-state index is 0.0435. The van der Waals surface area contributed by atoms with Gasteiger partial charge in [0.2, 0.25) is 5.91 Å². The van der Waals surface area contributed by atoms with Gasteiger partial charge >= 0.3 is 0 Å². The van der Waals surface area contributed by atoms with Crippen LogP contribution in [0.15, 0.2) is 61.2 Å². The molecule has 2 N–H and O–H groups in total. The number of amides is 2. The topological polar surface area (TPSA) is 133 Å². The number of hydrogen-bond donors (Lipinski definition) is 1. The number of nitrogens with two attached hydrogens (primary N) is 1. The first-order valence-electron chi connectivity index (χ1n) is 12.9. The summed E-state index contributed by atoms with van der Waals surface area (Å²) >= 11 is 12.2. The molecule has 1 aliphatic carbocycles. The highest BCUT2D eigenvalue weighted by Gasteiger charge is 2.58. The van der Waals surface area contributed by atoms with E-state index in [9.17, 15) is 14.4 Å². The third-order valence-corrected chi connectivity index (χ3v) is 8.10. The molecule has 1 saturated carbocycles. The molecule has 1 fully saturated rings. The van der Waals surface area contributed by atoms with Crippen LogP contribution in [0, 0.1) is 11.2 Å². The first-order chi connectivity index (χ1) is 20.0. The van der Waals surface area contributed by atoms with Crippen LogP contribution >= 0.6 is 23.2 Å². The Hall–Kier alpha value is -4.19. The second-order valence-electron chi connectivity index (χ2n) is 10.4. The molecule has 2 aromatic heterocycles. The average molecular weight is 609 g/mol. The fourth-order valence-electron chi connectivity index (χ4n) is 5.19. The summed E-state index contributed by atoms with van der Waals surface area (Å²) in [5.74, 6) is -2.36. The number of carbonyl (C=O) groups is 3. The van der Waals surface area contributed by atoms with E-state index in [0.29, 0.717) is 23.4 Å². The second-order valence-corrected chi connectivity index (χ2v) is 11.3. The number of aryl methyl sites for hydroxylation is 1. The van der Waals surface area contributed by atoms with E-state index in [4.69, 9.17) is 33.7 Å². The summed E-state index contributed by atoms with van der Waals surface area (Å²) in [5, 5.41) is 4.70. The molecule has 1 atom stereocenters. The van der Waals surface area contributed by atoms with Gasteiger partial charge in [0.1, 0.15) is 11.6 Å². The Kier molecular flexibility index (Phi) is 6.83. The van der Waals surface area contributed by atoms with Crippen molar-refractivity contribution >= 4 is 40.8 Å². The summed E-state index contributed by atoms with van der Waals surface area (Å²) in [6.45, 7) is -0.409. The predicted octanol–water partition coefficient (Wildman–Crippen LogP) is 4.03. The van der Waals surface area contributed by atoms with Crippen LogP contribution in [0.5, 0.6) is 0 Å². The average Bonchev–Trinajstić information content (AvgIpc) is 3.59. The molecule has 3 heterocycles. The standard InChI is InChI=1S/C29H23Cl2FN6O4/c1-37-13-17(10-36-37)25(39)16-8-21-24(22(32)9-16)29(18-2-4-19(30)5-3-18,42-15-28(6-7-28)27(33)41)38(26(21)40)14-23-34-11-20(31)12-35-23/h2-5,8-13H,6-7,14-15H2,1H3,(H2,33,41)/t29-/m1/s1. The molecule has 2 aromatic carbocycles. The van der Waals surface area contributed by atoms with Gasteiger partial charge in [-0.25, -0.2) is 14.4 Å². The zero-order valence-corrected chi connectivity index (χ0v) is 23.7. The Morgan fingerprint density at radius 3 is 2.33 bits per heavy atom. The summed E-state index contributed by atoms with van der Waals surface area (Å²) in [7, 11) is 1.65. The highest BCUT2D eigenvalue weighted by Crippen LogP contribution is 2.52. The SMILES string of the molecule is Cn1cc(C(=O)c2cc(F)c3c(c2)C(=O)N(Cc2ncc(Cl)cn2)[C@@]3(OCC2(C(N)=O)CC2)c2ccc(Cl)cc2)cn1. The van der Waals surface area contributed by atoms with Crippen molar-refractivity contribution in [2.45, 2.75) is 25.1 Å². The highest BCUT2D eigenvalue weighted by atomic mass is 35.5. The van der Waals surface area contributed by atoms with Crippen molar-refractivity contribution in [3.05, 3.63) is 111 Å². The highest BCUT2D eigenvalue weighted by molar-refractivity contribution is 6.30. The smallest absolute Gasteiger partial charge is 0.257 e. The Morgan fingerprint density at radius 1 is 1.05 bits per heavy atom. The van der Waals surface area contributed by atoms with Crippen molar-refractivity contribution in [1.29, 1.82) is 0 Å². The molecule has 42 heavy (non-hydrogen) atoms. The second kappa shape index (κ2) is 10.3. The number of rotatable bonds is 9. The van der Waals surface area contributed by atoms with Crippen LogP contribution in [-0.2, 0) is 28.8 Å². The predicted molar refractivity (Wildman–Crippen MR) is 149 cm³/mol. The van der Waals surface area contributed by atoms with Gasteiger partial charge in [-0.05, 0) is 37.1 Å². The Balaban J connectivity index is 1.55. The van der Waals surface area contributed by atoms with Crippen LogP contribution in [0.25, 0.3) is 0 Å². The maximum Gasteiger partial charge on any atom is 0.257 e. The zero-order valence-electron chi connectivity index (χ0n) is 22.2. The quantitative estimate of drug-likeness (QED) is 0.284. The van der Waals surface area contributed by atoms with Crippen LogP contribution in [-0.4, -0.2) is 48.9 Å². The van der Waals surface area contributed by atoms with E-state index >= 15 is 4.39 Å². The van der Waals surface area contributed by atoms with Crippen molar-refractivity contribution in [2.24, 2.45) is 18.2 Å². The molecular weight excluding hydrogens is 586 g/mol. The maximum atomic E-state index is 16.4. The molecule has 0 spiro atoms. The number of hydrogen-bond acceptors (Lipinski definition) is 7. The van der Waals surface area contributed by atoms with Crippen LogP contribution in [0.3, 0.4) is 0 Å². The van der Waals surface area contributed by atoms with Gasteiger partial charge < -0.3 is 10.5 Å². The molecule has 13 heteroatoms. The van der Waals surface area contributed by atoms with Crippen molar-refractivity contribution in [1.82, 2.24) is 24.6 Å². The Labute approximate surface area is 249 Å². The number of benzene rings is 2. The summed E-state index contributed by atoms with van der Waals surface area (Å²) < 4.78 is 24.4. The molecule has 4 aromatic rings. The number of ketones is 1. The number of primary amides is 1. The van der Waals surface area contributed by atoms with Crippen LogP contribution in [0.2, 0.25) is 10.0 Å². The summed E-state index contributed by atoms with van der Waals surface area (Å²) in [4.78, 5) is 49.5. The lowest BCUT2D eigenvalue weighted by Crippen LogP contribution is -2.48. The van der Waals surface area contributed by atoms with Gasteiger partial charge in [0.15, 0.2) is 11.5 Å². The summed E-state index contributed by atoms with van der Waals surface area (Å²) in [6, 6.07) is 8.80. The van der Waals surface area contributed by atoms with Gasteiger partial charge in [0.25, 0.3) is 5.91 Å². The summed E-state index contributed by atoms with van der Waals surface area (Å²) in [6.07, 6.45) is 6.58. The molecule has 1 aliphatic heterocycles. The maximum absolute atomic E-state index is 16.4. The monoisotopic (exact) mass is 608 g/mol. The van der Waals surface area contributed by atoms with E-state index in [1.54, 1.807) is 31.3 Å². The number of carbonyl (C=O) groups excluding carboxylic acids is 3. The van der Waals surface area contributed by atoms with Crippen molar-refractivity contribution in [3.8, 4) is 0 Å². The molecule has 0 saturated heterocycles. The third-order valence-electron chi connectivity index (χ3n) is 7.66. The molecule has 6 rings (SSSR count). The van der Waals surface area contributed by atoms with Gasteiger partial charge in [0, 0.05) is 41.8 Å². The lowest BCUT2D eigenvalue weighted by molar-refractivity contribution is -0.142. The Bertz CT molecular complexity index is 1740. The van der Waals surface area contributed by atoms with Crippen molar-refractivity contribution in [2.75, 3.05) is 6.61 Å². The van der Waals surface area contributed by atoms with Gasteiger partial charge in [-0.15, -0.1) is 0 Å². The van der Waals surface area contributed by atoms with Crippen LogP contribution in [0.4, 0.5) is 4.39 Å². The van der Waals surface area contributed by atoms with E-state index in [0.717, 1.165) is 6.07 Å². The van der Waals surface area contributed by atoms with Gasteiger partial charge in [-0.1, -0.05) is 35.3 Å². The molecule has 214 valence electrons.